The van der Waals surface area contributed by atoms with Crippen LogP contribution in [0.2, 0.25) is 0 Å². The minimum absolute atomic E-state index is 1.14. The van der Waals surface area contributed by atoms with E-state index in [-0.39, 0.29) is 0 Å². The Balaban J connectivity index is 1.55. The van der Waals surface area contributed by atoms with Crippen molar-refractivity contribution in [2.75, 3.05) is 0 Å². The molecule has 1 aliphatic rings. The number of rotatable bonds is 5. The third-order valence-electron chi connectivity index (χ3n) is 4.36. The summed E-state index contributed by atoms with van der Waals surface area (Å²) in [5.74, 6) is 1.22. The molecule has 0 N–H and O–H groups in total. The van der Waals surface area contributed by atoms with Crippen molar-refractivity contribution in [3.8, 4) is 0 Å². The normalized spacial score (nSPS) is 14.2. The van der Waals surface area contributed by atoms with E-state index in [4.69, 9.17) is 4.98 Å². The monoisotopic (exact) mass is 268 g/mol. The van der Waals surface area contributed by atoms with Crippen LogP contribution in [0.5, 0.6) is 0 Å². The number of aromatic nitrogens is 2. The van der Waals surface area contributed by atoms with Crippen LogP contribution in [-0.4, -0.2) is 9.55 Å². The van der Waals surface area contributed by atoms with E-state index in [0.29, 0.717) is 0 Å². The molecule has 0 spiro atoms. The Morgan fingerprint density at radius 2 is 1.85 bits per heavy atom. The molecule has 1 aliphatic carbocycles. The molecule has 1 heterocycles. The van der Waals surface area contributed by atoms with Gasteiger partial charge in [0.2, 0.25) is 0 Å². The Labute approximate surface area is 121 Å². The maximum absolute atomic E-state index is 4.75. The van der Waals surface area contributed by atoms with Crippen LogP contribution < -0.4 is 0 Å². The van der Waals surface area contributed by atoms with Gasteiger partial charge in [-0.3, -0.25) is 0 Å². The second kappa shape index (κ2) is 6.25. The average molecular weight is 268 g/mol. The molecule has 0 fully saturated rings. The van der Waals surface area contributed by atoms with Crippen LogP contribution in [0.15, 0.2) is 30.3 Å². The van der Waals surface area contributed by atoms with Gasteiger partial charge in [0.15, 0.2) is 0 Å². The van der Waals surface area contributed by atoms with E-state index < -0.39 is 0 Å². The van der Waals surface area contributed by atoms with Crippen molar-refractivity contribution in [1.82, 2.24) is 9.55 Å². The first-order chi connectivity index (χ1) is 9.84. The molecule has 106 valence electrons. The minimum atomic E-state index is 1.14. The third-order valence-corrected chi connectivity index (χ3v) is 4.36. The molecule has 0 saturated carbocycles. The van der Waals surface area contributed by atoms with Crippen LogP contribution in [0.3, 0.4) is 0 Å². The fraction of sp³-hybridized carbons (Fsp3) is 0.500. The summed E-state index contributed by atoms with van der Waals surface area (Å²) in [7, 11) is 0. The Hall–Kier alpha value is -1.57. The smallest absolute Gasteiger partial charge is 0.106 e. The maximum atomic E-state index is 4.75. The fourth-order valence-corrected chi connectivity index (χ4v) is 3.28. The van der Waals surface area contributed by atoms with Gasteiger partial charge >= 0.3 is 0 Å². The quantitative estimate of drug-likeness (QED) is 0.747. The molecule has 0 atom stereocenters. The van der Waals surface area contributed by atoms with E-state index in [9.17, 15) is 0 Å². The molecule has 1 aromatic carbocycles. The van der Waals surface area contributed by atoms with Gasteiger partial charge < -0.3 is 4.57 Å². The van der Waals surface area contributed by atoms with Gasteiger partial charge in [0.1, 0.15) is 5.82 Å². The molecule has 3 rings (SSSR count). The van der Waals surface area contributed by atoms with Crippen molar-refractivity contribution in [3.63, 3.8) is 0 Å². The highest BCUT2D eigenvalue weighted by atomic mass is 15.1. The number of aryl methyl sites for hydroxylation is 3. The molecule has 0 aliphatic heterocycles. The minimum Gasteiger partial charge on any atom is -0.332 e. The van der Waals surface area contributed by atoms with Gasteiger partial charge in [0.25, 0.3) is 0 Å². The number of hydrogen-bond acceptors (Lipinski definition) is 1. The highest BCUT2D eigenvalue weighted by Gasteiger charge is 2.17. The van der Waals surface area contributed by atoms with Gasteiger partial charge in [-0.15, -0.1) is 0 Å². The van der Waals surface area contributed by atoms with Crippen molar-refractivity contribution in [2.45, 2.75) is 58.4 Å². The number of imidazole rings is 1. The molecule has 0 radical (unpaired) electrons. The van der Waals surface area contributed by atoms with Crippen molar-refractivity contribution < 1.29 is 0 Å². The molecule has 0 unspecified atom stereocenters. The predicted molar refractivity (Wildman–Crippen MR) is 83.0 cm³/mol. The van der Waals surface area contributed by atoms with Gasteiger partial charge in [0.05, 0.1) is 5.69 Å². The number of fused-ring (bicyclic) bond motifs is 1. The van der Waals surface area contributed by atoms with E-state index in [1.165, 1.54) is 67.7 Å². The molecular weight excluding hydrogens is 244 g/mol. The van der Waals surface area contributed by atoms with E-state index in [0.717, 1.165) is 6.54 Å². The lowest BCUT2D eigenvalue weighted by Gasteiger charge is -2.14. The third kappa shape index (κ3) is 2.95. The Morgan fingerprint density at radius 3 is 2.70 bits per heavy atom. The molecule has 2 nitrogen and oxygen atoms in total. The topological polar surface area (TPSA) is 17.8 Å². The zero-order valence-electron chi connectivity index (χ0n) is 12.4. The van der Waals surface area contributed by atoms with Crippen LogP contribution in [0.25, 0.3) is 0 Å². The first kappa shape index (κ1) is 13.4. The average Bonchev–Trinajstić information content (AvgIpc) is 2.80. The van der Waals surface area contributed by atoms with Crippen LogP contribution in [0.4, 0.5) is 0 Å². The summed E-state index contributed by atoms with van der Waals surface area (Å²) in [6.07, 6.45) is 8.77. The second-order valence-corrected chi connectivity index (χ2v) is 5.85. The van der Waals surface area contributed by atoms with E-state index >= 15 is 0 Å². The lowest BCUT2D eigenvalue weighted by molar-refractivity contribution is 0.557. The summed E-state index contributed by atoms with van der Waals surface area (Å²) in [4.78, 5) is 4.75. The summed E-state index contributed by atoms with van der Waals surface area (Å²) < 4.78 is 2.47. The Morgan fingerprint density at radius 1 is 1.05 bits per heavy atom. The first-order valence-corrected chi connectivity index (χ1v) is 7.93. The molecule has 2 heteroatoms. The fourth-order valence-electron chi connectivity index (χ4n) is 3.28. The zero-order chi connectivity index (χ0) is 13.8. The first-order valence-electron chi connectivity index (χ1n) is 7.93. The number of nitrogens with zero attached hydrogens (tertiary/aromatic N) is 2. The van der Waals surface area contributed by atoms with Crippen LogP contribution in [0.1, 0.15) is 48.5 Å². The molecule has 0 saturated heterocycles. The van der Waals surface area contributed by atoms with E-state index in [2.05, 4.69) is 41.8 Å². The molecule has 0 bridgehead atoms. The van der Waals surface area contributed by atoms with Crippen LogP contribution >= 0.6 is 0 Å². The lowest BCUT2D eigenvalue weighted by Crippen LogP contribution is -2.09. The zero-order valence-corrected chi connectivity index (χ0v) is 12.4. The number of benzene rings is 1. The summed E-state index contributed by atoms with van der Waals surface area (Å²) in [6, 6.07) is 10.8. The summed E-state index contributed by atoms with van der Waals surface area (Å²) >= 11 is 0. The van der Waals surface area contributed by atoms with Gasteiger partial charge in [-0.1, -0.05) is 30.3 Å². The Kier molecular flexibility index (Phi) is 4.19. The summed E-state index contributed by atoms with van der Waals surface area (Å²) in [5.41, 5.74) is 4.35. The van der Waals surface area contributed by atoms with Gasteiger partial charge in [0, 0.05) is 12.2 Å². The van der Waals surface area contributed by atoms with Gasteiger partial charge in [-0.05, 0) is 57.4 Å². The van der Waals surface area contributed by atoms with E-state index in [1.807, 2.05) is 0 Å². The van der Waals surface area contributed by atoms with Crippen molar-refractivity contribution in [3.05, 3.63) is 53.1 Å². The van der Waals surface area contributed by atoms with Crippen LogP contribution in [-0.2, 0) is 25.8 Å². The molecule has 2 aromatic rings. The second-order valence-electron chi connectivity index (χ2n) is 5.85. The summed E-state index contributed by atoms with van der Waals surface area (Å²) in [5, 5.41) is 0. The van der Waals surface area contributed by atoms with Crippen molar-refractivity contribution in [2.24, 2.45) is 0 Å². The highest BCUT2D eigenvalue weighted by molar-refractivity contribution is 5.20. The van der Waals surface area contributed by atoms with E-state index in [1.54, 1.807) is 0 Å². The SMILES string of the molecule is Cc1nc2c(n1CCCCc1ccccc1)CCCC2. The largest absolute Gasteiger partial charge is 0.332 e. The Bertz CT molecular complexity index is 554. The molecular formula is C18H24N2. The summed E-state index contributed by atoms with van der Waals surface area (Å²) in [6.45, 7) is 3.30. The lowest BCUT2D eigenvalue weighted by atomic mass is 10.0. The highest BCUT2D eigenvalue weighted by Crippen LogP contribution is 2.22. The molecule has 1 aromatic heterocycles. The van der Waals surface area contributed by atoms with Crippen molar-refractivity contribution >= 4 is 0 Å². The number of hydrogen-bond donors (Lipinski definition) is 0. The van der Waals surface area contributed by atoms with Crippen molar-refractivity contribution in [1.29, 1.82) is 0 Å². The van der Waals surface area contributed by atoms with Gasteiger partial charge in [-0.2, -0.15) is 0 Å². The van der Waals surface area contributed by atoms with Gasteiger partial charge in [-0.25, -0.2) is 4.98 Å². The standard InChI is InChI=1S/C18H24N2/c1-15-19-17-12-5-6-13-18(17)20(15)14-8-7-11-16-9-3-2-4-10-16/h2-4,9-10H,5-8,11-14H2,1H3. The number of unbranched alkanes of at least 4 members (excludes halogenated alkanes) is 1. The predicted octanol–water partition coefficient (Wildman–Crippen LogP) is 4.09. The molecule has 20 heavy (non-hydrogen) atoms. The molecule has 0 amide bonds. The van der Waals surface area contributed by atoms with Crippen LogP contribution in [0, 0.1) is 6.92 Å². The maximum Gasteiger partial charge on any atom is 0.106 e.